The Balaban J connectivity index is 2.60. The van der Waals surface area contributed by atoms with E-state index in [1.165, 1.54) is 6.20 Å². The molecule has 66 valence electrons. The number of aromatic nitrogens is 1. The quantitative estimate of drug-likeness (QED) is 0.684. The predicted molar refractivity (Wildman–Crippen MR) is 45.3 cm³/mol. The summed E-state index contributed by atoms with van der Waals surface area (Å²) in [4.78, 5) is 13.9. The third kappa shape index (κ3) is 2.83. The van der Waals surface area contributed by atoms with Gasteiger partial charge in [0.2, 0.25) is 0 Å². The van der Waals surface area contributed by atoms with Crippen molar-refractivity contribution in [2.75, 3.05) is 6.61 Å². The number of aliphatic carboxylic acids is 1. The van der Waals surface area contributed by atoms with Gasteiger partial charge in [-0.3, -0.25) is 0 Å². The number of rotatable bonds is 3. The highest BCUT2D eigenvalue weighted by Gasteiger charge is 1.98. The number of carboxylic acid groups (broad SMARTS) is 1. The molecule has 0 aliphatic heterocycles. The van der Waals surface area contributed by atoms with Crippen molar-refractivity contribution in [1.29, 1.82) is 0 Å². The van der Waals surface area contributed by atoms with Crippen LogP contribution < -0.4 is 4.74 Å². The molecule has 0 aromatic carbocycles. The maximum absolute atomic E-state index is 10.1. The molecule has 1 heterocycles. The smallest absolute Gasteiger partial charge is 0.341 e. The zero-order chi connectivity index (χ0) is 9.68. The van der Waals surface area contributed by atoms with Crippen LogP contribution in [-0.2, 0) is 4.79 Å². The van der Waals surface area contributed by atoms with Crippen LogP contribution in [0.5, 0.6) is 5.75 Å². The summed E-state index contributed by atoms with van der Waals surface area (Å²) in [5.74, 6) is 1.70. The van der Waals surface area contributed by atoms with Crippen molar-refractivity contribution in [3.8, 4) is 18.1 Å². The Labute approximate surface area is 75.2 Å². The van der Waals surface area contributed by atoms with Crippen molar-refractivity contribution in [1.82, 2.24) is 4.98 Å². The second kappa shape index (κ2) is 4.12. The average Bonchev–Trinajstić information content (AvgIpc) is 2.15. The molecule has 0 unspecified atom stereocenters. The molecule has 1 rings (SSSR count). The Morgan fingerprint density at radius 2 is 2.46 bits per heavy atom. The van der Waals surface area contributed by atoms with E-state index in [0.717, 1.165) is 0 Å². The van der Waals surface area contributed by atoms with Crippen molar-refractivity contribution in [2.24, 2.45) is 0 Å². The zero-order valence-electron chi connectivity index (χ0n) is 6.73. The van der Waals surface area contributed by atoms with Crippen LogP contribution in [0.3, 0.4) is 0 Å². The van der Waals surface area contributed by atoms with E-state index in [2.05, 4.69) is 10.9 Å². The molecule has 0 amide bonds. The highest BCUT2D eigenvalue weighted by atomic mass is 16.5. The van der Waals surface area contributed by atoms with Crippen molar-refractivity contribution < 1.29 is 14.6 Å². The summed E-state index contributed by atoms with van der Waals surface area (Å²) in [5, 5.41) is 8.30. The topological polar surface area (TPSA) is 59.4 Å². The van der Waals surface area contributed by atoms with Crippen molar-refractivity contribution >= 4 is 5.97 Å². The van der Waals surface area contributed by atoms with Gasteiger partial charge in [0.1, 0.15) is 11.4 Å². The second-order valence-corrected chi connectivity index (χ2v) is 2.21. The van der Waals surface area contributed by atoms with Crippen molar-refractivity contribution in [3.63, 3.8) is 0 Å². The molecule has 1 aromatic heterocycles. The minimum absolute atomic E-state index is 0.378. The molecule has 4 nitrogen and oxygen atoms in total. The van der Waals surface area contributed by atoms with Gasteiger partial charge in [0.05, 0.1) is 6.20 Å². The molecular formula is C9H7NO3. The number of nitrogens with zero attached hydrogens (tertiary/aromatic N) is 1. The Bertz CT molecular complexity index is 337. The van der Waals surface area contributed by atoms with Crippen molar-refractivity contribution in [2.45, 2.75) is 0 Å². The highest BCUT2D eigenvalue weighted by Crippen LogP contribution is 2.07. The van der Waals surface area contributed by atoms with E-state index < -0.39 is 5.97 Å². The Hall–Kier alpha value is -2.02. The first-order chi connectivity index (χ1) is 6.22. The third-order valence-electron chi connectivity index (χ3n) is 1.25. The lowest BCUT2D eigenvalue weighted by Gasteiger charge is -2.01. The van der Waals surface area contributed by atoms with Gasteiger partial charge in [-0.25, -0.2) is 9.78 Å². The molecule has 0 bridgehead atoms. The van der Waals surface area contributed by atoms with E-state index in [1.807, 2.05) is 0 Å². The van der Waals surface area contributed by atoms with Gasteiger partial charge in [0.25, 0.3) is 0 Å². The molecule has 0 aliphatic carbocycles. The minimum Gasteiger partial charge on any atom is -0.480 e. The van der Waals surface area contributed by atoms with Crippen LogP contribution in [0.15, 0.2) is 18.3 Å². The fraction of sp³-hybridized carbons (Fsp3) is 0.111. The number of carbonyl (C=O) groups is 1. The summed E-state index contributed by atoms with van der Waals surface area (Å²) < 4.78 is 4.84. The fourth-order valence-corrected chi connectivity index (χ4v) is 0.696. The predicted octanol–water partition coefficient (Wildman–Crippen LogP) is 0.526. The normalized spacial score (nSPS) is 8.85. The van der Waals surface area contributed by atoms with E-state index in [-0.39, 0.29) is 6.61 Å². The van der Waals surface area contributed by atoms with Gasteiger partial charge in [-0.1, -0.05) is 5.92 Å². The molecule has 0 radical (unpaired) electrons. The van der Waals surface area contributed by atoms with E-state index >= 15 is 0 Å². The van der Waals surface area contributed by atoms with Gasteiger partial charge in [-0.05, 0) is 12.1 Å². The molecule has 0 spiro atoms. The molecule has 13 heavy (non-hydrogen) atoms. The van der Waals surface area contributed by atoms with E-state index in [9.17, 15) is 4.79 Å². The van der Waals surface area contributed by atoms with Crippen LogP contribution in [0, 0.1) is 12.3 Å². The summed E-state index contributed by atoms with van der Waals surface area (Å²) in [5.41, 5.74) is 0.489. The minimum atomic E-state index is -1.03. The number of pyridine rings is 1. The van der Waals surface area contributed by atoms with Gasteiger partial charge in [0.15, 0.2) is 6.61 Å². The SMILES string of the molecule is C#Cc1ccc(OCC(=O)O)cn1. The van der Waals surface area contributed by atoms with E-state index in [0.29, 0.717) is 11.4 Å². The van der Waals surface area contributed by atoms with Crippen LogP contribution in [-0.4, -0.2) is 22.7 Å². The number of carboxylic acids is 1. The number of ether oxygens (including phenoxy) is 1. The molecule has 0 saturated heterocycles. The lowest BCUT2D eigenvalue weighted by molar-refractivity contribution is -0.139. The molecule has 4 heteroatoms. The summed E-state index contributed by atoms with van der Waals surface area (Å²) >= 11 is 0. The zero-order valence-corrected chi connectivity index (χ0v) is 6.73. The molecule has 1 aromatic rings. The van der Waals surface area contributed by atoms with Gasteiger partial charge >= 0.3 is 5.97 Å². The first kappa shape index (κ1) is 9.07. The summed E-state index contributed by atoms with van der Waals surface area (Å²) in [6.45, 7) is -0.378. The van der Waals surface area contributed by atoms with Gasteiger partial charge in [-0.15, -0.1) is 6.42 Å². The highest BCUT2D eigenvalue weighted by molar-refractivity contribution is 5.68. The lowest BCUT2D eigenvalue weighted by atomic mass is 10.3. The van der Waals surface area contributed by atoms with Crippen LogP contribution in [0.2, 0.25) is 0 Å². The monoisotopic (exact) mass is 177 g/mol. The molecular weight excluding hydrogens is 170 g/mol. The number of hydrogen-bond donors (Lipinski definition) is 1. The maximum Gasteiger partial charge on any atom is 0.341 e. The van der Waals surface area contributed by atoms with Crippen LogP contribution >= 0.6 is 0 Å². The van der Waals surface area contributed by atoms with Crippen LogP contribution in [0.4, 0.5) is 0 Å². The fourth-order valence-electron chi connectivity index (χ4n) is 0.696. The van der Waals surface area contributed by atoms with E-state index in [1.54, 1.807) is 12.1 Å². The Morgan fingerprint density at radius 1 is 1.69 bits per heavy atom. The molecule has 0 aliphatic rings. The first-order valence-electron chi connectivity index (χ1n) is 3.49. The lowest BCUT2D eigenvalue weighted by Crippen LogP contribution is -2.09. The first-order valence-corrected chi connectivity index (χ1v) is 3.49. The van der Waals surface area contributed by atoms with Gasteiger partial charge in [0, 0.05) is 0 Å². The Kier molecular flexibility index (Phi) is 2.87. The summed E-state index contributed by atoms with van der Waals surface area (Å²) in [7, 11) is 0. The third-order valence-corrected chi connectivity index (χ3v) is 1.25. The molecule has 0 atom stereocenters. The molecule has 1 N–H and O–H groups in total. The summed E-state index contributed by atoms with van der Waals surface area (Å²) in [6.07, 6.45) is 6.46. The summed E-state index contributed by atoms with van der Waals surface area (Å²) in [6, 6.07) is 3.16. The van der Waals surface area contributed by atoms with Crippen LogP contribution in [0.1, 0.15) is 5.69 Å². The number of terminal acetylenes is 1. The molecule has 0 fully saturated rings. The largest absolute Gasteiger partial charge is 0.480 e. The maximum atomic E-state index is 10.1. The second-order valence-electron chi connectivity index (χ2n) is 2.21. The van der Waals surface area contributed by atoms with E-state index in [4.69, 9.17) is 16.3 Å². The van der Waals surface area contributed by atoms with Crippen LogP contribution in [0.25, 0.3) is 0 Å². The standard InChI is InChI=1S/C9H7NO3/c1-2-7-3-4-8(5-10-7)13-6-9(11)12/h1,3-5H,6H2,(H,11,12). The molecule has 0 saturated carbocycles. The Morgan fingerprint density at radius 3 is 2.92 bits per heavy atom. The van der Waals surface area contributed by atoms with Gasteiger partial charge < -0.3 is 9.84 Å². The average molecular weight is 177 g/mol. The number of hydrogen-bond acceptors (Lipinski definition) is 3. The van der Waals surface area contributed by atoms with Crippen molar-refractivity contribution in [3.05, 3.63) is 24.0 Å². The van der Waals surface area contributed by atoms with Gasteiger partial charge in [-0.2, -0.15) is 0 Å².